The molecule has 0 radical (unpaired) electrons. The SMILES string of the molecule is CCn1cc(Nc2nccn2CC(C)C)cn1. The van der Waals surface area contributed by atoms with Crippen LogP contribution in [0.5, 0.6) is 0 Å². The van der Waals surface area contributed by atoms with Crippen LogP contribution in [0.1, 0.15) is 20.8 Å². The summed E-state index contributed by atoms with van der Waals surface area (Å²) in [5.74, 6) is 1.47. The van der Waals surface area contributed by atoms with Gasteiger partial charge in [0.2, 0.25) is 5.95 Å². The fourth-order valence-corrected chi connectivity index (χ4v) is 1.70. The third-order valence-corrected chi connectivity index (χ3v) is 2.49. The normalized spacial score (nSPS) is 11.1. The molecular formula is C12H19N5. The lowest BCUT2D eigenvalue weighted by Gasteiger charge is -2.10. The van der Waals surface area contributed by atoms with Crippen molar-refractivity contribution in [2.75, 3.05) is 5.32 Å². The van der Waals surface area contributed by atoms with Gasteiger partial charge in [0.05, 0.1) is 11.9 Å². The smallest absolute Gasteiger partial charge is 0.207 e. The monoisotopic (exact) mass is 233 g/mol. The molecule has 2 aromatic heterocycles. The minimum atomic E-state index is 0.600. The highest BCUT2D eigenvalue weighted by molar-refractivity contribution is 5.50. The Bertz CT molecular complexity index is 469. The van der Waals surface area contributed by atoms with E-state index < -0.39 is 0 Å². The Kier molecular flexibility index (Phi) is 3.46. The predicted octanol–water partition coefficient (Wildman–Crippen LogP) is 2.50. The Morgan fingerprint density at radius 3 is 2.88 bits per heavy atom. The van der Waals surface area contributed by atoms with E-state index in [2.05, 4.69) is 40.7 Å². The molecule has 2 rings (SSSR count). The van der Waals surface area contributed by atoms with Gasteiger partial charge in [0.1, 0.15) is 0 Å². The van der Waals surface area contributed by atoms with Gasteiger partial charge in [0.25, 0.3) is 0 Å². The van der Waals surface area contributed by atoms with Crippen LogP contribution in [0.15, 0.2) is 24.8 Å². The number of hydrogen-bond acceptors (Lipinski definition) is 3. The molecule has 0 spiro atoms. The summed E-state index contributed by atoms with van der Waals surface area (Å²) in [6.45, 7) is 8.29. The molecule has 2 heterocycles. The molecule has 5 heteroatoms. The first kappa shape index (κ1) is 11.7. The molecule has 92 valence electrons. The quantitative estimate of drug-likeness (QED) is 0.863. The van der Waals surface area contributed by atoms with Gasteiger partial charge >= 0.3 is 0 Å². The van der Waals surface area contributed by atoms with Crippen LogP contribution in [0.3, 0.4) is 0 Å². The number of imidazole rings is 1. The van der Waals surface area contributed by atoms with Crippen LogP contribution >= 0.6 is 0 Å². The molecule has 1 N–H and O–H groups in total. The van der Waals surface area contributed by atoms with Gasteiger partial charge in [-0.1, -0.05) is 13.8 Å². The number of aromatic nitrogens is 4. The van der Waals surface area contributed by atoms with Crippen molar-refractivity contribution >= 4 is 11.6 Å². The molecule has 0 aliphatic heterocycles. The molecule has 0 bridgehead atoms. The maximum atomic E-state index is 4.31. The third kappa shape index (κ3) is 2.87. The first-order valence-electron chi connectivity index (χ1n) is 5.99. The van der Waals surface area contributed by atoms with Crippen LogP contribution < -0.4 is 5.32 Å². The summed E-state index contributed by atoms with van der Waals surface area (Å²) in [5.41, 5.74) is 0.975. The Morgan fingerprint density at radius 2 is 2.24 bits per heavy atom. The highest BCUT2D eigenvalue weighted by Gasteiger charge is 2.05. The molecule has 2 aromatic rings. The van der Waals surface area contributed by atoms with Crippen molar-refractivity contribution in [1.29, 1.82) is 0 Å². The zero-order valence-electron chi connectivity index (χ0n) is 10.6. The molecule has 0 aliphatic rings. The van der Waals surface area contributed by atoms with E-state index in [9.17, 15) is 0 Å². The molecule has 0 saturated heterocycles. The van der Waals surface area contributed by atoms with Crippen molar-refractivity contribution in [3.05, 3.63) is 24.8 Å². The Balaban J connectivity index is 2.10. The summed E-state index contributed by atoms with van der Waals surface area (Å²) < 4.78 is 4.01. The van der Waals surface area contributed by atoms with Gasteiger partial charge in [-0.05, 0) is 12.8 Å². The number of hydrogen-bond donors (Lipinski definition) is 1. The number of aryl methyl sites for hydroxylation is 1. The lowest BCUT2D eigenvalue weighted by Crippen LogP contribution is -2.07. The summed E-state index contributed by atoms with van der Waals surface area (Å²) in [6.07, 6.45) is 7.60. The second-order valence-corrected chi connectivity index (χ2v) is 4.51. The highest BCUT2D eigenvalue weighted by atomic mass is 15.3. The largest absolute Gasteiger partial charge is 0.323 e. The maximum absolute atomic E-state index is 4.31. The summed E-state index contributed by atoms with van der Waals surface area (Å²) in [7, 11) is 0. The average molecular weight is 233 g/mol. The van der Waals surface area contributed by atoms with Gasteiger partial charge in [-0.25, -0.2) is 4.98 Å². The van der Waals surface area contributed by atoms with Gasteiger partial charge in [0.15, 0.2) is 0 Å². The molecule has 0 aromatic carbocycles. The van der Waals surface area contributed by atoms with E-state index in [0.717, 1.165) is 24.7 Å². The Labute approximate surface area is 101 Å². The van der Waals surface area contributed by atoms with Crippen molar-refractivity contribution in [2.45, 2.75) is 33.9 Å². The lowest BCUT2D eigenvalue weighted by molar-refractivity contribution is 0.527. The van der Waals surface area contributed by atoms with Crippen LogP contribution in [0.2, 0.25) is 0 Å². The number of rotatable bonds is 5. The molecule has 0 fully saturated rings. The highest BCUT2D eigenvalue weighted by Crippen LogP contribution is 2.15. The van der Waals surface area contributed by atoms with Gasteiger partial charge in [-0.2, -0.15) is 5.10 Å². The standard InChI is InChI=1S/C12H19N5/c1-4-17-9-11(7-14-17)15-12-13-5-6-16(12)8-10(2)3/h5-7,9-10H,4,8H2,1-3H3,(H,13,15). The first-order chi connectivity index (χ1) is 8.19. The molecule has 17 heavy (non-hydrogen) atoms. The van der Waals surface area contributed by atoms with E-state index in [1.165, 1.54) is 0 Å². The van der Waals surface area contributed by atoms with E-state index in [0.29, 0.717) is 5.92 Å². The van der Waals surface area contributed by atoms with Crippen molar-refractivity contribution in [1.82, 2.24) is 19.3 Å². The van der Waals surface area contributed by atoms with Gasteiger partial charge in [-0.15, -0.1) is 0 Å². The Morgan fingerprint density at radius 1 is 1.41 bits per heavy atom. The summed E-state index contributed by atoms with van der Waals surface area (Å²) in [5, 5.41) is 7.50. The van der Waals surface area contributed by atoms with Crippen molar-refractivity contribution in [3.8, 4) is 0 Å². The van der Waals surface area contributed by atoms with Crippen LogP contribution in [0.4, 0.5) is 11.6 Å². The van der Waals surface area contributed by atoms with Crippen LogP contribution in [-0.2, 0) is 13.1 Å². The fraction of sp³-hybridized carbons (Fsp3) is 0.500. The molecule has 5 nitrogen and oxygen atoms in total. The van der Waals surface area contributed by atoms with E-state index >= 15 is 0 Å². The fourth-order valence-electron chi connectivity index (χ4n) is 1.70. The second-order valence-electron chi connectivity index (χ2n) is 4.51. The molecule has 0 aliphatic carbocycles. The zero-order chi connectivity index (χ0) is 12.3. The van der Waals surface area contributed by atoms with Gasteiger partial charge < -0.3 is 9.88 Å². The zero-order valence-corrected chi connectivity index (χ0v) is 10.6. The minimum absolute atomic E-state index is 0.600. The Hall–Kier alpha value is -1.78. The first-order valence-corrected chi connectivity index (χ1v) is 5.99. The van der Waals surface area contributed by atoms with Crippen LogP contribution in [-0.4, -0.2) is 19.3 Å². The van der Waals surface area contributed by atoms with Crippen LogP contribution in [0.25, 0.3) is 0 Å². The third-order valence-electron chi connectivity index (χ3n) is 2.49. The number of nitrogens with one attached hydrogen (secondary N) is 1. The van der Waals surface area contributed by atoms with E-state index in [-0.39, 0.29) is 0 Å². The van der Waals surface area contributed by atoms with Gasteiger partial charge in [0, 0.05) is 31.7 Å². The maximum Gasteiger partial charge on any atom is 0.207 e. The summed E-state index contributed by atoms with van der Waals surface area (Å²) in [4.78, 5) is 4.31. The van der Waals surface area contributed by atoms with Gasteiger partial charge in [-0.3, -0.25) is 4.68 Å². The van der Waals surface area contributed by atoms with Crippen molar-refractivity contribution < 1.29 is 0 Å². The topological polar surface area (TPSA) is 47.7 Å². The molecular weight excluding hydrogens is 214 g/mol. The van der Waals surface area contributed by atoms with E-state index in [1.807, 2.05) is 29.5 Å². The minimum Gasteiger partial charge on any atom is -0.323 e. The molecule has 0 saturated carbocycles. The van der Waals surface area contributed by atoms with Crippen molar-refractivity contribution in [3.63, 3.8) is 0 Å². The average Bonchev–Trinajstić information content (AvgIpc) is 2.89. The molecule has 0 atom stereocenters. The van der Waals surface area contributed by atoms with Crippen molar-refractivity contribution in [2.24, 2.45) is 5.92 Å². The summed E-state index contributed by atoms with van der Waals surface area (Å²) in [6, 6.07) is 0. The van der Waals surface area contributed by atoms with E-state index in [1.54, 1.807) is 0 Å². The molecule has 0 amide bonds. The predicted molar refractivity (Wildman–Crippen MR) is 68.2 cm³/mol. The van der Waals surface area contributed by atoms with E-state index in [4.69, 9.17) is 0 Å². The second kappa shape index (κ2) is 5.03. The molecule has 0 unspecified atom stereocenters. The van der Waals surface area contributed by atoms with Crippen LogP contribution in [0, 0.1) is 5.92 Å². The summed E-state index contributed by atoms with van der Waals surface area (Å²) >= 11 is 0. The number of anilines is 2. The number of nitrogens with zero attached hydrogens (tertiary/aromatic N) is 4. The lowest BCUT2D eigenvalue weighted by atomic mass is 10.2.